The van der Waals surface area contributed by atoms with Gasteiger partial charge in [-0.15, -0.1) is 0 Å². The number of aliphatic hydroxyl groups excluding tert-OH is 2. The maximum absolute atomic E-state index is 13.4. The number of esters is 2. The van der Waals surface area contributed by atoms with E-state index >= 15 is 0 Å². The second-order valence-electron chi connectivity index (χ2n) is 11.4. The van der Waals surface area contributed by atoms with E-state index in [1.807, 2.05) is 0 Å². The second-order valence-corrected chi connectivity index (χ2v) is 11.4. The molecule has 6 rings (SSSR count). The van der Waals surface area contributed by atoms with E-state index in [0.717, 1.165) is 0 Å². The number of hydrogen-bond acceptors (Lipinski definition) is 9. The summed E-state index contributed by atoms with van der Waals surface area (Å²) in [7, 11) is 0. The molecule has 192 valence electrons. The summed E-state index contributed by atoms with van der Waals surface area (Å²) in [6, 6.07) is 8.25. The minimum Gasteiger partial charge on any atom is -0.459 e. The lowest BCUT2D eigenvalue weighted by Gasteiger charge is -2.68. The summed E-state index contributed by atoms with van der Waals surface area (Å²) in [5.74, 6) is -6.85. The van der Waals surface area contributed by atoms with Gasteiger partial charge in [0.2, 0.25) is 6.10 Å². The standard InChI is InChI=1S/C27H30O9/c1-12-9-16(28)21(30)25(3)15(12)10-17-26-11-34-27(33,24(25)26)20(29)13(2)18(26)19(23(32)35-17)36-22(31)14-7-5-4-6-8-14/h4-9,13,15,17-21,24,29-30,33H,10-11H2,1-3H3. The van der Waals surface area contributed by atoms with Crippen LogP contribution in [0.5, 0.6) is 0 Å². The average Bonchev–Trinajstić information content (AvgIpc) is 3.14. The van der Waals surface area contributed by atoms with Gasteiger partial charge in [-0.1, -0.05) is 37.6 Å². The second kappa shape index (κ2) is 7.47. The Labute approximate surface area is 208 Å². The zero-order valence-electron chi connectivity index (χ0n) is 20.3. The molecule has 3 aliphatic carbocycles. The number of carbonyl (C=O) groups is 3. The van der Waals surface area contributed by atoms with Gasteiger partial charge in [0.15, 0.2) is 11.6 Å². The van der Waals surface area contributed by atoms with Crippen molar-refractivity contribution < 1.29 is 43.9 Å². The Hall–Kier alpha value is -2.59. The summed E-state index contributed by atoms with van der Waals surface area (Å²) in [5.41, 5.74) is -1.33. The van der Waals surface area contributed by atoms with Crippen molar-refractivity contribution in [2.45, 2.75) is 57.4 Å². The summed E-state index contributed by atoms with van der Waals surface area (Å²) in [6.45, 7) is 5.13. The van der Waals surface area contributed by atoms with E-state index in [-0.39, 0.29) is 12.2 Å². The first-order valence-electron chi connectivity index (χ1n) is 12.4. The Morgan fingerprint density at radius 1 is 1.17 bits per heavy atom. The summed E-state index contributed by atoms with van der Waals surface area (Å²) in [5, 5.41) is 34.5. The van der Waals surface area contributed by atoms with Gasteiger partial charge in [0.1, 0.15) is 18.3 Å². The van der Waals surface area contributed by atoms with E-state index in [4.69, 9.17) is 14.2 Å². The van der Waals surface area contributed by atoms with Gasteiger partial charge in [0.25, 0.3) is 0 Å². The van der Waals surface area contributed by atoms with Gasteiger partial charge in [0.05, 0.1) is 12.2 Å². The van der Waals surface area contributed by atoms with E-state index in [0.29, 0.717) is 12.0 Å². The number of carbonyl (C=O) groups excluding carboxylic acids is 3. The predicted molar refractivity (Wildman–Crippen MR) is 122 cm³/mol. The Bertz CT molecular complexity index is 1180. The lowest BCUT2D eigenvalue weighted by Crippen LogP contribution is -2.78. The van der Waals surface area contributed by atoms with Gasteiger partial charge in [0, 0.05) is 22.7 Å². The lowest BCUT2D eigenvalue weighted by atomic mass is 9.38. The minimum atomic E-state index is -2.09. The van der Waals surface area contributed by atoms with Crippen LogP contribution in [0.2, 0.25) is 0 Å². The van der Waals surface area contributed by atoms with Crippen molar-refractivity contribution in [3.63, 3.8) is 0 Å². The average molecular weight is 499 g/mol. The summed E-state index contributed by atoms with van der Waals surface area (Å²) >= 11 is 0. The molecule has 11 atom stereocenters. The first-order chi connectivity index (χ1) is 17.0. The minimum absolute atomic E-state index is 0.0798. The highest BCUT2D eigenvalue weighted by Gasteiger charge is 2.83. The first kappa shape index (κ1) is 23.8. The molecule has 4 fully saturated rings. The molecule has 9 nitrogen and oxygen atoms in total. The highest BCUT2D eigenvalue weighted by molar-refractivity contribution is 5.96. The molecule has 1 aromatic rings. The molecule has 1 spiro atoms. The number of rotatable bonds is 2. The van der Waals surface area contributed by atoms with E-state index in [2.05, 4.69) is 0 Å². The van der Waals surface area contributed by atoms with Gasteiger partial charge in [-0.25, -0.2) is 9.59 Å². The highest BCUT2D eigenvalue weighted by atomic mass is 16.7. The molecule has 2 bridgehead atoms. The maximum Gasteiger partial charge on any atom is 0.348 e. The molecule has 3 N–H and O–H groups in total. The van der Waals surface area contributed by atoms with Gasteiger partial charge >= 0.3 is 11.9 Å². The molecule has 2 saturated carbocycles. The van der Waals surface area contributed by atoms with E-state index in [9.17, 15) is 29.7 Å². The largest absolute Gasteiger partial charge is 0.459 e. The van der Waals surface area contributed by atoms with Crippen LogP contribution < -0.4 is 0 Å². The molecule has 11 unspecified atom stereocenters. The fourth-order valence-electron chi connectivity index (χ4n) is 8.49. The number of aliphatic hydroxyl groups is 3. The third-order valence-electron chi connectivity index (χ3n) is 9.87. The number of hydrogen-bond donors (Lipinski definition) is 3. The Balaban J connectivity index is 1.51. The monoisotopic (exact) mass is 498 g/mol. The molecular weight excluding hydrogens is 468 g/mol. The molecule has 1 aromatic carbocycles. The van der Waals surface area contributed by atoms with Crippen molar-refractivity contribution >= 4 is 17.7 Å². The Morgan fingerprint density at radius 3 is 2.56 bits per heavy atom. The zero-order chi connectivity index (χ0) is 25.8. The van der Waals surface area contributed by atoms with E-state index in [1.165, 1.54) is 6.08 Å². The molecule has 2 saturated heterocycles. The first-order valence-corrected chi connectivity index (χ1v) is 12.4. The third-order valence-corrected chi connectivity index (χ3v) is 9.87. The van der Waals surface area contributed by atoms with Gasteiger partial charge in [-0.2, -0.15) is 0 Å². The molecule has 0 aromatic heterocycles. The van der Waals surface area contributed by atoms with Gasteiger partial charge < -0.3 is 29.5 Å². The molecule has 9 heteroatoms. The van der Waals surface area contributed by atoms with Crippen molar-refractivity contribution in [3.05, 3.63) is 47.5 Å². The van der Waals surface area contributed by atoms with Crippen LogP contribution in [0.1, 0.15) is 37.6 Å². The SMILES string of the molecule is CC1=CC(=O)C(O)C2(C)C1CC1OC(=O)C(OC(=O)c3ccccc3)C3C(C)C(O)C4(O)OCC13C42. The van der Waals surface area contributed by atoms with Crippen molar-refractivity contribution in [2.75, 3.05) is 6.61 Å². The Kier molecular flexibility index (Phi) is 4.94. The summed E-state index contributed by atoms with van der Waals surface area (Å²) in [4.78, 5) is 39.2. The quantitative estimate of drug-likeness (QED) is 0.510. The van der Waals surface area contributed by atoms with E-state index < -0.39 is 82.4 Å². The highest BCUT2D eigenvalue weighted by Crippen LogP contribution is 2.73. The fraction of sp³-hybridized carbons (Fsp3) is 0.593. The van der Waals surface area contributed by atoms with Crippen LogP contribution in [0.15, 0.2) is 42.0 Å². The Morgan fingerprint density at radius 2 is 1.86 bits per heavy atom. The van der Waals surface area contributed by atoms with Crippen LogP contribution in [0.4, 0.5) is 0 Å². The van der Waals surface area contributed by atoms with Crippen molar-refractivity contribution in [2.24, 2.45) is 34.5 Å². The number of fused-ring (bicyclic) bond motifs is 1. The third kappa shape index (κ3) is 2.66. The zero-order valence-corrected chi connectivity index (χ0v) is 20.3. The molecule has 5 aliphatic rings. The van der Waals surface area contributed by atoms with Crippen LogP contribution in [-0.4, -0.2) is 69.9 Å². The molecular formula is C27H30O9. The summed E-state index contributed by atoms with van der Waals surface area (Å²) in [6.07, 6.45) is -3.29. The van der Waals surface area contributed by atoms with Crippen LogP contribution in [0, 0.1) is 34.5 Å². The van der Waals surface area contributed by atoms with Crippen molar-refractivity contribution in [1.29, 1.82) is 0 Å². The molecule has 0 radical (unpaired) electrons. The smallest absolute Gasteiger partial charge is 0.348 e. The van der Waals surface area contributed by atoms with Crippen LogP contribution >= 0.6 is 0 Å². The summed E-state index contributed by atoms with van der Waals surface area (Å²) < 4.78 is 17.7. The fourth-order valence-corrected chi connectivity index (χ4v) is 8.49. The van der Waals surface area contributed by atoms with Gasteiger partial charge in [-0.3, -0.25) is 4.79 Å². The molecule has 2 aliphatic heterocycles. The topological polar surface area (TPSA) is 140 Å². The van der Waals surface area contributed by atoms with Crippen molar-refractivity contribution in [3.8, 4) is 0 Å². The van der Waals surface area contributed by atoms with E-state index in [1.54, 1.807) is 51.1 Å². The van der Waals surface area contributed by atoms with Crippen LogP contribution in [0.3, 0.4) is 0 Å². The van der Waals surface area contributed by atoms with Crippen molar-refractivity contribution in [1.82, 2.24) is 0 Å². The van der Waals surface area contributed by atoms with Crippen LogP contribution in [0.25, 0.3) is 0 Å². The maximum atomic E-state index is 13.4. The number of benzene rings is 1. The number of ketones is 1. The molecule has 0 amide bonds. The molecule has 2 heterocycles. The van der Waals surface area contributed by atoms with Gasteiger partial charge in [-0.05, 0) is 43.4 Å². The number of allylic oxidation sites excluding steroid dienone is 1. The van der Waals surface area contributed by atoms with Crippen LogP contribution in [-0.2, 0) is 23.8 Å². The molecule has 36 heavy (non-hydrogen) atoms. The normalized spacial score (nSPS) is 48.9. The number of ether oxygens (including phenoxy) is 3. The lowest BCUT2D eigenvalue weighted by molar-refractivity contribution is -0.339. The predicted octanol–water partition coefficient (Wildman–Crippen LogP) is 1.00.